The van der Waals surface area contributed by atoms with Gasteiger partial charge in [-0.15, -0.1) is 0 Å². The fourth-order valence-electron chi connectivity index (χ4n) is 5.91. The first-order valence-corrected chi connectivity index (χ1v) is 16.1. The van der Waals surface area contributed by atoms with Gasteiger partial charge in [-0.1, -0.05) is 12.6 Å². The van der Waals surface area contributed by atoms with Crippen LogP contribution in [0.2, 0.25) is 0 Å². The summed E-state index contributed by atoms with van der Waals surface area (Å²) >= 11 is 0. The van der Waals surface area contributed by atoms with E-state index in [9.17, 15) is 31.2 Å². The minimum absolute atomic E-state index is 0.0259. The van der Waals surface area contributed by atoms with E-state index in [2.05, 4.69) is 26.4 Å². The van der Waals surface area contributed by atoms with Gasteiger partial charge in [0.1, 0.15) is 23.4 Å². The highest BCUT2D eigenvalue weighted by Gasteiger charge is 2.40. The molecule has 1 aliphatic heterocycles. The second kappa shape index (κ2) is 12.4. The number of hydrogen-bond donors (Lipinski definition) is 0. The summed E-state index contributed by atoms with van der Waals surface area (Å²) in [6, 6.07) is 2.40. The Labute approximate surface area is 270 Å². The number of pyridine rings is 2. The molecule has 250 valence electrons. The molecular weight excluding hydrogens is 661 g/mol. The second-order valence-corrected chi connectivity index (χ2v) is 13.1. The molecule has 3 aromatic heterocycles. The van der Waals surface area contributed by atoms with E-state index in [4.69, 9.17) is 6.57 Å². The fourth-order valence-corrected chi connectivity index (χ4v) is 6.81. The third-order valence-electron chi connectivity index (χ3n) is 7.87. The Morgan fingerprint density at radius 2 is 1.88 bits per heavy atom. The summed E-state index contributed by atoms with van der Waals surface area (Å²) in [5.41, 5.74) is -5.99. The molecule has 4 aromatic rings. The molecule has 0 radical (unpaired) electrons. The monoisotopic (exact) mass is 687 g/mol. The Hall–Kier alpha value is -5.24. The van der Waals surface area contributed by atoms with E-state index in [0.29, 0.717) is 16.7 Å². The van der Waals surface area contributed by atoms with Crippen LogP contribution in [0.5, 0.6) is 0 Å². The first kappa shape index (κ1) is 34.1. The van der Waals surface area contributed by atoms with Crippen LogP contribution < -0.4 is 10.6 Å². The molecule has 0 N–H and O–H groups in total. The van der Waals surface area contributed by atoms with E-state index in [1.54, 1.807) is 6.92 Å². The van der Waals surface area contributed by atoms with E-state index >= 15 is 8.78 Å². The molecule has 0 aliphatic carbocycles. The molecule has 0 unspecified atom stereocenters. The van der Waals surface area contributed by atoms with E-state index in [0.717, 1.165) is 30.5 Å². The zero-order chi connectivity index (χ0) is 35.3. The van der Waals surface area contributed by atoms with Gasteiger partial charge in [-0.05, 0) is 44.2 Å². The van der Waals surface area contributed by atoms with Crippen LogP contribution in [0.4, 0.5) is 27.8 Å². The number of carbonyl (C=O) groups is 1. The lowest BCUT2D eigenvalue weighted by Gasteiger charge is -2.44. The molecule has 5 rings (SSSR count). The van der Waals surface area contributed by atoms with E-state index in [-0.39, 0.29) is 42.2 Å². The molecule has 0 saturated carbocycles. The normalized spacial score (nSPS) is 17.0. The first-order chi connectivity index (χ1) is 22.5. The quantitative estimate of drug-likeness (QED) is 0.167. The molecule has 17 heteroatoms. The maximum absolute atomic E-state index is 16.1. The average Bonchev–Trinajstić information content (AvgIpc) is 3.00. The lowest BCUT2D eigenvalue weighted by atomic mass is 10.0. The zero-order valence-electron chi connectivity index (χ0n) is 25.6. The smallest absolute Gasteiger partial charge is 0.339 e. The van der Waals surface area contributed by atoms with Gasteiger partial charge >= 0.3 is 11.9 Å². The number of fused-ring (bicyclic) bond motifs is 1. The van der Waals surface area contributed by atoms with E-state index in [1.807, 2.05) is 0 Å². The molecule has 48 heavy (non-hydrogen) atoms. The third-order valence-corrected chi connectivity index (χ3v) is 9.00. The third kappa shape index (κ3) is 5.99. The number of nitrogens with zero attached hydrogens (tertiary/aromatic N) is 7. The van der Waals surface area contributed by atoms with Gasteiger partial charge in [0.25, 0.3) is 0 Å². The van der Waals surface area contributed by atoms with Crippen molar-refractivity contribution >= 4 is 32.6 Å². The van der Waals surface area contributed by atoms with Crippen LogP contribution in [0, 0.1) is 25.1 Å². The number of aromatic nitrogens is 4. The summed E-state index contributed by atoms with van der Waals surface area (Å²) < 4.78 is 99.8. The Morgan fingerprint density at radius 1 is 1.17 bits per heavy atom. The minimum Gasteiger partial charge on any atom is -0.339 e. The van der Waals surface area contributed by atoms with Crippen LogP contribution in [0.25, 0.3) is 32.8 Å². The molecule has 1 amide bonds. The highest BCUT2D eigenvalue weighted by atomic mass is 32.2. The summed E-state index contributed by atoms with van der Waals surface area (Å²) in [4.78, 5) is 44.8. The maximum Gasteiger partial charge on any atom is 0.417 e. The highest BCUT2D eigenvalue weighted by Crippen LogP contribution is 2.40. The Balaban J connectivity index is 1.93. The second-order valence-electron chi connectivity index (χ2n) is 11.1. The Morgan fingerprint density at radius 3 is 2.50 bits per heavy atom. The van der Waals surface area contributed by atoms with Crippen molar-refractivity contribution in [2.45, 2.75) is 37.0 Å². The number of alkyl halides is 3. The summed E-state index contributed by atoms with van der Waals surface area (Å²) in [5.74, 6) is -3.52. The zero-order valence-corrected chi connectivity index (χ0v) is 26.4. The maximum atomic E-state index is 16.1. The number of piperazine rings is 1. The van der Waals surface area contributed by atoms with Crippen LogP contribution in [0.15, 0.2) is 58.9 Å². The summed E-state index contributed by atoms with van der Waals surface area (Å²) in [6.45, 7) is 13.8. The van der Waals surface area contributed by atoms with Gasteiger partial charge in [0.15, 0.2) is 21.3 Å². The van der Waals surface area contributed by atoms with Crippen molar-refractivity contribution in [3.8, 4) is 16.9 Å². The van der Waals surface area contributed by atoms with Gasteiger partial charge in [0.05, 0.1) is 32.8 Å². The van der Waals surface area contributed by atoms with Crippen molar-refractivity contribution in [3.05, 3.63) is 94.0 Å². The van der Waals surface area contributed by atoms with Gasteiger partial charge in [-0.2, -0.15) is 18.2 Å². The SMILES string of the molecule is [C-]#[N+]C[C@H]1CN(C(=O)C=C)C[C@H](C)N1c1nc(=O)n(-c2c(S(C)(=O)=O)ccnc2C)c2nc(-c3c(F)cccc3C(F)(F)F)c(F)cc12. The van der Waals surface area contributed by atoms with Crippen molar-refractivity contribution < 1.29 is 35.2 Å². The van der Waals surface area contributed by atoms with E-state index in [1.165, 1.54) is 22.9 Å². The molecule has 4 heterocycles. The predicted molar refractivity (Wildman–Crippen MR) is 165 cm³/mol. The predicted octanol–water partition coefficient (Wildman–Crippen LogP) is 4.36. The van der Waals surface area contributed by atoms with Gasteiger partial charge in [0.2, 0.25) is 12.5 Å². The molecule has 11 nitrogen and oxygen atoms in total. The first-order valence-electron chi connectivity index (χ1n) is 14.2. The fraction of sp³-hybridized carbons (Fsp3) is 0.290. The summed E-state index contributed by atoms with van der Waals surface area (Å²) in [5, 5.41) is -0.270. The van der Waals surface area contributed by atoms with Gasteiger partial charge in [0, 0.05) is 31.6 Å². The molecule has 2 atom stereocenters. The van der Waals surface area contributed by atoms with Gasteiger partial charge in [-0.25, -0.2) is 38.1 Å². The molecule has 1 fully saturated rings. The number of hydrogen-bond acceptors (Lipinski definition) is 8. The largest absolute Gasteiger partial charge is 0.417 e. The van der Waals surface area contributed by atoms with Crippen molar-refractivity contribution in [1.82, 2.24) is 24.4 Å². The summed E-state index contributed by atoms with van der Waals surface area (Å²) in [7, 11) is -4.09. The van der Waals surface area contributed by atoms with Crippen molar-refractivity contribution in [1.29, 1.82) is 0 Å². The highest BCUT2D eigenvalue weighted by molar-refractivity contribution is 7.90. The number of anilines is 1. The van der Waals surface area contributed by atoms with Gasteiger partial charge in [-0.3, -0.25) is 9.78 Å². The topological polar surface area (TPSA) is 123 Å². The molecule has 1 saturated heterocycles. The Kier molecular flexibility index (Phi) is 8.82. The van der Waals surface area contributed by atoms with Crippen LogP contribution in [-0.2, 0) is 20.8 Å². The molecule has 0 spiro atoms. The number of amides is 1. The number of benzene rings is 1. The number of rotatable bonds is 6. The average molecular weight is 688 g/mol. The van der Waals surface area contributed by atoms with Crippen molar-refractivity contribution in [2.75, 3.05) is 30.8 Å². The van der Waals surface area contributed by atoms with Crippen LogP contribution >= 0.6 is 0 Å². The number of carbonyl (C=O) groups excluding carboxylic acids is 1. The molecule has 1 aromatic carbocycles. The van der Waals surface area contributed by atoms with Crippen molar-refractivity contribution in [3.63, 3.8) is 0 Å². The summed E-state index contributed by atoms with van der Waals surface area (Å²) in [6.07, 6.45) is -2.02. The van der Waals surface area contributed by atoms with Crippen LogP contribution in [0.3, 0.4) is 0 Å². The van der Waals surface area contributed by atoms with Crippen molar-refractivity contribution in [2.24, 2.45) is 0 Å². The van der Waals surface area contributed by atoms with Crippen LogP contribution in [0.1, 0.15) is 18.2 Å². The minimum atomic E-state index is -5.14. The lowest BCUT2D eigenvalue weighted by molar-refractivity contribution is -0.137. The lowest BCUT2D eigenvalue weighted by Crippen LogP contribution is -2.60. The van der Waals surface area contributed by atoms with E-state index < -0.39 is 78.7 Å². The van der Waals surface area contributed by atoms with Crippen LogP contribution in [-0.4, -0.2) is 76.7 Å². The Bertz CT molecular complexity index is 2200. The number of aryl methyl sites for hydroxylation is 1. The van der Waals surface area contributed by atoms with Gasteiger partial charge < -0.3 is 14.6 Å². The number of sulfone groups is 1. The molecule has 1 aliphatic rings. The number of halogens is 5. The standard InChI is InChI=1S/C31H26F5N7O4S/c1-6-24(44)41-14-16(2)42(18(15-41)13-37-4)29-19-12-22(33)26(25-20(31(34,35)36)8-7-9-21(25)32)39-28(19)43(30(45)40-29)27-17(3)38-11-10-23(27)48(5,46)47/h6-12,16,18H,1,13-15H2,2-3,5H3/t16-,18-/m0/s1. The molecular formula is C31H26F5N7O4S. The molecule has 0 bridgehead atoms.